The topological polar surface area (TPSA) is 36.9 Å². The van der Waals surface area contributed by atoms with Crippen LogP contribution in [0, 0.1) is 0 Å². The molecule has 3 aromatic rings. The third-order valence-electron chi connectivity index (χ3n) is 4.81. The number of benzene rings is 3. The molecule has 1 aliphatic heterocycles. The van der Waals surface area contributed by atoms with Gasteiger partial charge in [0.15, 0.2) is 0 Å². The van der Waals surface area contributed by atoms with E-state index in [2.05, 4.69) is 56.5 Å². The number of rotatable bonds is 3. The van der Waals surface area contributed by atoms with Crippen molar-refractivity contribution in [3.05, 3.63) is 70.7 Å². The van der Waals surface area contributed by atoms with Crippen molar-refractivity contribution in [1.82, 2.24) is 10.2 Å². The van der Waals surface area contributed by atoms with Gasteiger partial charge in [0, 0.05) is 30.7 Å². The van der Waals surface area contributed by atoms with Crippen molar-refractivity contribution in [2.45, 2.75) is 0 Å². The van der Waals surface area contributed by atoms with Crippen molar-refractivity contribution < 1.29 is 4.74 Å². The van der Waals surface area contributed by atoms with Gasteiger partial charge in [-0.3, -0.25) is 0 Å². The molecule has 27 heavy (non-hydrogen) atoms. The summed E-state index contributed by atoms with van der Waals surface area (Å²) in [4.78, 5) is 7.42. The Morgan fingerprint density at radius 3 is 2.48 bits per heavy atom. The largest absolute Gasteiger partial charge is 0.496 e. The number of nitrogens with zero attached hydrogens (tertiary/aromatic N) is 2. The van der Waals surface area contributed by atoms with E-state index in [0.717, 1.165) is 58.9 Å². The van der Waals surface area contributed by atoms with Crippen LogP contribution in [0.3, 0.4) is 0 Å². The van der Waals surface area contributed by atoms with Crippen LogP contribution in [0.4, 0.5) is 5.69 Å². The first kappa shape index (κ1) is 18.0. The Hall–Kier alpha value is -2.37. The first-order chi connectivity index (χ1) is 13.3. The van der Waals surface area contributed by atoms with Gasteiger partial charge in [-0.25, -0.2) is 4.99 Å². The van der Waals surface area contributed by atoms with Crippen molar-refractivity contribution in [3.63, 3.8) is 0 Å². The minimum atomic E-state index is 0.850. The molecule has 1 heterocycles. The van der Waals surface area contributed by atoms with Crippen molar-refractivity contribution in [2.24, 2.45) is 4.99 Å². The predicted molar refractivity (Wildman–Crippen MR) is 115 cm³/mol. The Kier molecular flexibility index (Phi) is 5.41. The van der Waals surface area contributed by atoms with Gasteiger partial charge in [0.25, 0.3) is 0 Å². The molecular formula is C22H22BrN3O. The fourth-order valence-electron chi connectivity index (χ4n) is 3.45. The van der Waals surface area contributed by atoms with Gasteiger partial charge in [0.05, 0.1) is 18.4 Å². The lowest BCUT2D eigenvalue weighted by molar-refractivity contribution is 0.356. The first-order valence-electron chi connectivity index (χ1n) is 9.12. The summed E-state index contributed by atoms with van der Waals surface area (Å²) in [6, 6.07) is 20.7. The average molecular weight is 424 g/mol. The predicted octanol–water partition coefficient (Wildman–Crippen LogP) is 4.59. The van der Waals surface area contributed by atoms with E-state index in [9.17, 15) is 0 Å². The van der Waals surface area contributed by atoms with Gasteiger partial charge in [-0.1, -0.05) is 46.3 Å². The van der Waals surface area contributed by atoms with Crippen LogP contribution < -0.4 is 10.1 Å². The summed E-state index contributed by atoms with van der Waals surface area (Å²) >= 11 is 3.50. The molecule has 0 bridgehead atoms. The number of nitrogens with one attached hydrogen (secondary N) is 1. The Bertz CT molecular complexity index is 963. The Morgan fingerprint density at radius 2 is 1.74 bits per heavy atom. The number of amidine groups is 1. The van der Waals surface area contributed by atoms with Gasteiger partial charge in [0.2, 0.25) is 0 Å². The monoisotopic (exact) mass is 423 g/mol. The zero-order chi connectivity index (χ0) is 18.6. The molecular weight excluding hydrogens is 402 g/mol. The molecule has 0 aromatic heterocycles. The van der Waals surface area contributed by atoms with Gasteiger partial charge in [0.1, 0.15) is 11.6 Å². The summed E-state index contributed by atoms with van der Waals surface area (Å²) in [6.45, 7) is 3.74. The maximum atomic E-state index is 5.75. The highest BCUT2D eigenvalue weighted by Gasteiger charge is 2.22. The molecule has 0 amide bonds. The standard InChI is InChI=1S/C22H22BrN3O/c1-27-20-11-6-16-4-2-3-5-19(16)21(20)22(26-14-12-24-13-15-26)25-18-9-7-17(23)8-10-18/h2-11,24H,12-15H2,1H3. The Balaban J connectivity index is 1.93. The van der Waals surface area contributed by atoms with Crippen molar-refractivity contribution in [1.29, 1.82) is 0 Å². The lowest BCUT2D eigenvalue weighted by Crippen LogP contribution is -2.46. The molecule has 0 saturated carbocycles. The third-order valence-corrected chi connectivity index (χ3v) is 5.34. The maximum absolute atomic E-state index is 5.75. The number of methoxy groups -OCH3 is 1. The number of aliphatic imine (C=N–C) groups is 1. The van der Waals surface area contributed by atoms with Crippen LogP contribution in [0.1, 0.15) is 5.56 Å². The van der Waals surface area contributed by atoms with E-state index in [1.54, 1.807) is 7.11 Å². The number of piperazine rings is 1. The van der Waals surface area contributed by atoms with Crippen LogP contribution in [-0.2, 0) is 0 Å². The minimum absolute atomic E-state index is 0.850. The second-order valence-corrected chi connectivity index (χ2v) is 7.43. The zero-order valence-electron chi connectivity index (χ0n) is 15.3. The molecule has 0 atom stereocenters. The van der Waals surface area contributed by atoms with E-state index in [0.29, 0.717) is 0 Å². The molecule has 3 aromatic carbocycles. The smallest absolute Gasteiger partial charge is 0.141 e. The van der Waals surface area contributed by atoms with Crippen LogP contribution >= 0.6 is 15.9 Å². The van der Waals surface area contributed by atoms with Crippen molar-refractivity contribution in [2.75, 3.05) is 33.3 Å². The van der Waals surface area contributed by atoms with E-state index < -0.39 is 0 Å². The summed E-state index contributed by atoms with van der Waals surface area (Å²) < 4.78 is 6.80. The number of ether oxygens (including phenoxy) is 1. The van der Waals surface area contributed by atoms with Gasteiger partial charge < -0.3 is 15.0 Å². The number of halogens is 1. The molecule has 0 radical (unpaired) electrons. The minimum Gasteiger partial charge on any atom is -0.496 e. The number of hydrogen-bond acceptors (Lipinski definition) is 3. The molecule has 1 fully saturated rings. The van der Waals surface area contributed by atoms with E-state index in [1.165, 1.54) is 5.39 Å². The quantitative estimate of drug-likeness (QED) is 0.494. The number of hydrogen-bond donors (Lipinski definition) is 1. The molecule has 4 nitrogen and oxygen atoms in total. The molecule has 1 aliphatic rings. The summed E-state index contributed by atoms with van der Waals surface area (Å²) in [7, 11) is 1.72. The Morgan fingerprint density at radius 1 is 1.00 bits per heavy atom. The lowest BCUT2D eigenvalue weighted by atomic mass is 10.0. The summed E-state index contributed by atoms with van der Waals surface area (Å²) in [6.07, 6.45) is 0. The molecule has 0 spiro atoms. The highest BCUT2D eigenvalue weighted by molar-refractivity contribution is 9.10. The highest BCUT2D eigenvalue weighted by atomic mass is 79.9. The molecule has 0 aliphatic carbocycles. The van der Waals surface area contributed by atoms with Crippen LogP contribution in [0.5, 0.6) is 5.75 Å². The third kappa shape index (κ3) is 3.84. The molecule has 1 saturated heterocycles. The van der Waals surface area contributed by atoms with Crippen molar-refractivity contribution in [3.8, 4) is 5.75 Å². The van der Waals surface area contributed by atoms with Gasteiger partial charge >= 0.3 is 0 Å². The zero-order valence-corrected chi connectivity index (χ0v) is 16.9. The Labute approximate surface area is 168 Å². The highest BCUT2D eigenvalue weighted by Crippen LogP contribution is 2.31. The van der Waals surface area contributed by atoms with Crippen LogP contribution in [0.2, 0.25) is 0 Å². The summed E-state index contributed by atoms with van der Waals surface area (Å²) in [5.41, 5.74) is 1.99. The van der Waals surface area contributed by atoms with Crippen LogP contribution in [0.25, 0.3) is 10.8 Å². The molecule has 138 valence electrons. The number of fused-ring (bicyclic) bond motifs is 1. The summed E-state index contributed by atoms with van der Waals surface area (Å²) in [5, 5.41) is 5.77. The van der Waals surface area contributed by atoms with Gasteiger partial charge in [-0.2, -0.15) is 0 Å². The van der Waals surface area contributed by atoms with Crippen LogP contribution in [-0.4, -0.2) is 44.0 Å². The fraction of sp³-hybridized carbons (Fsp3) is 0.227. The molecule has 5 heteroatoms. The van der Waals surface area contributed by atoms with Crippen molar-refractivity contribution >= 4 is 38.2 Å². The summed E-state index contributed by atoms with van der Waals surface area (Å²) in [5.74, 6) is 1.82. The average Bonchev–Trinajstić information content (AvgIpc) is 2.73. The second-order valence-electron chi connectivity index (χ2n) is 6.51. The van der Waals surface area contributed by atoms with Crippen LogP contribution in [0.15, 0.2) is 70.1 Å². The van der Waals surface area contributed by atoms with Gasteiger partial charge in [-0.05, 0) is 41.1 Å². The van der Waals surface area contributed by atoms with E-state index in [4.69, 9.17) is 9.73 Å². The van der Waals surface area contributed by atoms with E-state index in [-0.39, 0.29) is 0 Å². The fourth-order valence-corrected chi connectivity index (χ4v) is 3.72. The molecule has 0 unspecified atom stereocenters. The van der Waals surface area contributed by atoms with E-state index in [1.807, 2.05) is 30.3 Å². The molecule has 4 rings (SSSR count). The van der Waals surface area contributed by atoms with E-state index >= 15 is 0 Å². The second kappa shape index (κ2) is 8.11. The lowest BCUT2D eigenvalue weighted by Gasteiger charge is -2.31. The maximum Gasteiger partial charge on any atom is 0.141 e. The normalized spacial score (nSPS) is 15.2. The first-order valence-corrected chi connectivity index (χ1v) is 9.91. The van der Waals surface area contributed by atoms with Gasteiger partial charge in [-0.15, -0.1) is 0 Å². The SMILES string of the molecule is COc1ccc2ccccc2c1C(=Nc1ccc(Br)cc1)N1CCNCC1. The molecule has 1 N–H and O–H groups in total.